The Morgan fingerprint density at radius 1 is 1.18 bits per heavy atom. The van der Waals surface area contributed by atoms with Gasteiger partial charge in [-0.3, -0.25) is 4.79 Å². The zero-order chi connectivity index (χ0) is 19.9. The van der Waals surface area contributed by atoms with Crippen LogP contribution in [0.4, 0.5) is 5.13 Å². The van der Waals surface area contributed by atoms with Crippen molar-refractivity contribution in [3.05, 3.63) is 62.9 Å². The zero-order valence-electron chi connectivity index (χ0n) is 15.4. The predicted octanol–water partition coefficient (Wildman–Crippen LogP) is 6.59. The van der Waals surface area contributed by atoms with E-state index in [0.717, 1.165) is 32.8 Å². The maximum atomic E-state index is 12.2. The van der Waals surface area contributed by atoms with Crippen molar-refractivity contribution in [3.63, 3.8) is 0 Å². The van der Waals surface area contributed by atoms with Gasteiger partial charge in [0.25, 0.3) is 0 Å². The molecule has 1 aromatic heterocycles. The van der Waals surface area contributed by atoms with Gasteiger partial charge in [0.15, 0.2) is 5.13 Å². The molecule has 0 fully saturated rings. The topological polar surface area (TPSA) is 51.2 Å². The van der Waals surface area contributed by atoms with Gasteiger partial charge in [-0.25, -0.2) is 4.98 Å². The van der Waals surface area contributed by atoms with E-state index in [1.165, 1.54) is 11.3 Å². The van der Waals surface area contributed by atoms with Crippen molar-refractivity contribution >= 4 is 49.9 Å². The van der Waals surface area contributed by atoms with Gasteiger partial charge >= 0.3 is 0 Å². The Bertz CT molecular complexity index is 927. The van der Waals surface area contributed by atoms with E-state index < -0.39 is 0 Å². The Labute approximate surface area is 182 Å². The summed E-state index contributed by atoms with van der Waals surface area (Å²) in [6.45, 7) is 2.56. The van der Waals surface area contributed by atoms with Crippen LogP contribution >= 0.6 is 38.9 Å². The number of aromatic nitrogens is 1. The summed E-state index contributed by atoms with van der Waals surface area (Å²) in [7, 11) is 0. The number of ether oxygens (including phenoxy) is 1. The summed E-state index contributed by atoms with van der Waals surface area (Å²) in [6.07, 6.45) is 1.87. The number of nitrogens with one attached hydrogen (secondary N) is 1. The van der Waals surface area contributed by atoms with E-state index in [-0.39, 0.29) is 5.91 Å². The van der Waals surface area contributed by atoms with Gasteiger partial charge < -0.3 is 10.1 Å². The average Bonchev–Trinajstić information content (AvgIpc) is 3.10. The highest BCUT2D eigenvalue weighted by Crippen LogP contribution is 2.32. The van der Waals surface area contributed by atoms with Crippen molar-refractivity contribution in [1.82, 2.24) is 4.98 Å². The number of thiazole rings is 1. The average molecular weight is 480 g/mol. The molecule has 0 aliphatic rings. The van der Waals surface area contributed by atoms with Crippen molar-refractivity contribution in [3.8, 4) is 17.0 Å². The SMILES string of the molecule is CCc1sc(NC(=O)CCCOc2ccc(Cl)cc2)nc1-c1ccc(Br)cc1. The van der Waals surface area contributed by atoms with Crippen LogP contribution in [0.1, 0.15) is 24.6 Å². The lowest BCUT2D eigenvalue weighted by Gasteiger charge is -2.06. The van der Waals surface area contributed by atoms with Crippen LogP contribution in [0.15, 0.2) is 53.0 Å². The predicted molar refractivity (Wildman–Crippen MR) is 119 cm³/mol. The first-order valence-electron chi connectivity index (χ1n) is 8.99. The number of hydrogen-bond donors (Lipinski definition) is 1. The summed E-state index contributed by atoms with van der Waals surface area (Å²) in [5.74, 6) is 0.690. The van der Waals surface area contributed by atoms with Gasteiger partial charge in [-0.2, -0.15) is 0 Å². The van der Waals surface area contributed by atoms with Crippen molar-refractivity contribution < 1.29 is 9.53 Å². The summed E-state index contributed by atoms with van der Waals surface area (Å²) in [4.78, 5) is 18.0. The standard InChI is InChI=1S/C21H20BrClN2O2S/c1-2-18-20(14-5-7-15(22)8-6-14)25-21(28-18)24-19(26)4-3-13-27-17-11-9-16(23)10-12-17/h5-12H,2-4,13H2,1H3,(H,24,25,26). The molecule has 0 atom stereocenters. The molecule has 3 rings (SSSR count). The van der Waals surface area contributed by atoms with Gasteiger partial charge in [0.2, 0.25) is 5.91 Å². The summed E-state index contributed by atoms with van der Waals surface area (Å²) in [5, 5.41) is 4.22. The van der Waals surface area contributed by atoms with Crippen LogP contribution in [0.3, 0.4) is 0 Å². The van der Waals surface area contributed by atoms with Crippen molar-refractivity contribution in [2.75, 3.05) is 11.9 Å². The summed E-state index contributed by atoms with van der Waals surface area (Å²) >= 11 is 10.8. The van der Waals surface area contributed by atoms with Gasteiger partial charge in [0, 0.05) is 26.4 Å². The minimum atomic E-state index is -0.0570. The summed E-state index contributed by atoms with van der Waals surface area (Å²) < 4.78 is 6.64. The fourth-order valence-corrected chi connectivity index (χ4v) is 3.94. The van der Waals surface area contributed by atoms with E-state index in [1.807, 2.05) is 36.4 Å². The van der Waals surface area contributed by atoms with Crippen LogP contribution in [0.5, 0.6) is 5.75 Å². The molecule has 1 amide bonds. The molecule has 4 nitrogen and oxygen atoms in total. The highest BCUT2D eigenvalue weighted by molar-refractivity contribution is 9.10. The monoisotopic (exact) mass is 478 g/mol. The molecule has 0 unspecified atom stereocenters. The maximum Gasteiger partial charge on any atom is 0.226 e. The van der Waals surface area contributed by atoms with Gasteiger partial charge in [-0.1, -0.05) is 46.6 Å². The number of aryl methyl sites for hydroxylation is 1. The molecule has 0 bridgehead atoms. The molecule has 146 valence electrons. The second-order valence-electron chi connectivity index (χ2n) is 6.11. The van der Waals surface area contributed by atoms with Crippen molar-refractivity contribution in [1.29, 1.82) is 0 Å². The number of amides is 1. The minimum absolute atomic E-state index is 0.0570. The number of carbonyl (C=O) groups excluding carboxylic acids is 1. The molecule has 0 aliphatic heterocycles. The van der Waals surface area contributed by atoms with Crippen molar-refractivity contribution in [2.45, 2.75) is 26.2 Å². The molecule has 0 spiro atoms. The van der Waals surface area contributed by atoms with Crippen molar-refractivity contribution in [2.24, 2.45) is 0 Å². The number of rotatable bonds is 8. The lowest BCUT2D eigenvalue weighted by molar-refractivity contribution is -0.116. The molecular formula is C21H20BrClN2O2S. The third kappa shape index (κ3) is 5.80. The van der Waals surface area contributed by atoms with Crippen LogP contribution in [-0.4, -0.2) is 17.5 Å². The lowest BCUT2D eigenvalue weighted by Crippen LogP contribution is -2.12. The third-order valence-electron chi connectivity index (χ3n) is 4.01. The number of anilines is 1. The van der Waals surface area contributed by atoms with E-state index in [1.54, 1.807) is 12.1 Å². The van der Waals surface area contributed by atoms with E-state index in [0.29, 0.717) is 29.6 Å². The van der Waals surface area contributed by atoms with Crippen LogP contribution in [0, 0.1) is 0 Å². The molecule has 0 radical (unpaired) electrons. The van der Waals surface area contributed by atoms with Gasteiger partial charge in [0.1, 0.15) is 5.75 Å². The number of halogens is 2. The van der Waals surface area contributed by atoms with Crippen LogP contribution in [0.2, 0.25) is 5.02 Å². The third-order valence-corrected chi connectivity index (χ3v) is 5.91. The smallest absolute Gasteiger partial charge is 0.226 e. The molecule has 0 aliphatic carbocycles. The van der Waals surface area contributed by atoms with E-state index >= 15 is 0 Å². The minimum Gasteiger partial charge on any atom is -0.494 e. The fraction of sp³-hybridized carbons (Fsp3) is 0.238. The Balaban J connectivity index is 1.52. The van der Waals surface area contributed by atoms with E-state index in [4.69, 9.17) is 16.3 Å². The maximum absolute atomic E-state index is 12.2. The second kappa shape index (κ2) is 10.0. The quantitative estimate of drug-likeness (QED) is 0.371. The molecule has 0 saturated carbocycles. The molecule has 1 heterocycles. The van der Waals surface area contributed by atoms with Gasteiger partial charge in [-0.15, -0.1) is 11.3 Å². The molecular weight excluding hydrogens is 460 g/mol. The largest absolute Gasteiger partial charge is 0.494 e. The normalized spacial score (nSPS) is 10.7. The Kier molecular flexibility index (Phi) is 7.48. The van der Waals surface area contributed by atoms with Gasteiger partial charge in [0.05, 0.1) is 12.3 Å². The molecule has 2 aromatic carbocycles. The van der Waals surface area contributed by atoms with Crippen LogP contribution in [-0.2, 0) is 11.2 Å². The Morgan fingerprint density at radius 2 is 1.89 bits per heavy atom. The number of nitrogens with zero attached hydrogens (tertiary/aromatic N) is 1. The fourth-order valence-electron chi connectivity index (χ4n) is 2.61. The molecule has 0 saturated heterocycles. The highest BCUT2D eigenvalue weighted by Gasteiger charge is 2.13. The van der Waals surface area contributed by atoms with E-state index in [9.17, 15) is 4.79 Å². The second-order valence-corrected chi connectivity index (χ2v) is 8.54. The Hall–Kier alpha value is -1.89. The first kappa shape index (κ1) is 20.8. The summed E-state index contributed by atoms with van der Waals surface area (Å²) in [5.41, 5.74) is 1.98. The first-order valence-corrected chi connectivity index (χ1v) is 11.0. The summed E-state index contributed by atoms with van der Waals surface area (Å²) in [6, 6.07) is 15.2. The first-order chi connectivity index (χ1) is 13.5. The Morgan fingerprint density at radius 3 is 2.57 bits per heavy atom. The molecule has 7 heteroatoms. The van der Waals surface area contributed by atoms with E-state index in [2.05, 4.69) is 33.2 Å². The van der Waals surface area contributed by atoms with Crippen LogP contribution < -0.4 is 10.1 Å². The highest BCUT2D eigenvalue weighted by atomic mass is 79.9. The van der Waals surface area contributed by atoms with Gasteiger partial charge in [-0.05, 0) is 49.2 Å². The molecule has 3 aromatic rings. The number of hydrogen-bond acceptors (Lipinski definition) is 4. The molecule has 28 heavy (non-hydrogen) atoms. The van der Waals surface area contributed by atoms with Crippen LogP contribution in [0.25, 0.3) is 11.3 Å². The molecule has 1 N–H and O–H groups in total. The number of benzene rings is 2. The zero-order valence-corrected chi connectivity index (χ0v) is 18.5. The lowest BCUT2D eigenvalue weighted by atomic mass is 10.1. The number of carbonyl (C=O) groups is 1.